The molecule has 112 valence electrons. The third kappa shape index (κ3) is 3.10. The van der Waals surface area contributed by atoms with Crippen LogP contribution in [0.2, 0.25) is 0 Å². The minimum Gasteiger partial charge on any atom is -0.475 e. The van der Waals surface area contributed by atoms with Gasteiger partial charge in [0.15, 0.2) is 0 Å². The van der Waals surface area contributed by atoms with E-state index in [1.54, 1.807) is 0 Å². The molecule has 1 fully saturated rings. The lowest BCUT2D eigenvalue weighted by Gasteiger charge is -2.16. The van der Waals surface area contributed by atoms with Crippen LogP contribution in [0.15, 0.2) is 28.7 Å². The molecule has 1 heterocycles. The van der Waals surface area contributed by atoms with Gasteiger partial charge in [-0.25, -0.2) is 4.79 Å². The second-order valence-electron chi connectivity index (χ2n) is 5.88. The van der Waals surface area contributed by atoms with E-state index in [2.05, 4.69) is 12.2 Å². The summed E-state index contributed by atoms with van der Waals surface area (Å²) in [7, 11) is 0. The molecule has 4 heteroatoms. The van der Waals surface area contributed by atoms with E-state index in [1.807, 2.05) is 24.3 Å². The summed E-state index contributed by atoms with van der Waals surface area (Å²) >= 11 is 0. The highest BCUT2D eigenvalue weighted by Gasteiger charge is 2.25. The number of carboxylic acid groups (broad SMARTS) is 1. The third-order valence-corrected chi connectivity index (χ3v) is 4.27. The lowest BCUT2D eigenvalue weighted by Crippen LogP contribution is -2.28. The molecule has 1 saturated carbocycles. The molecule has 0 bridgehead atoms. The van der Waals surface area contributed by atoms with Gasteiger partial charge in [0.1, 0.15) is 5.58 Å². The Morgan fingerprint density at radius 1 is 1.43 bits per heavy atom. The first-order valence-electron chi connectivity index (χ1n) is 7.66. The first-order chi connectivity index (χ1) is 10.2. The van der Waals surface area contributed by atoms with Crippen LogP contribution in [-0.2, 0) is 6.54 Å². The van der Waals surface area contributed by atoms with Crippen molar-refractivity contribution >= 4 is 16.9 Å². The van der Waals surface area contributed by atoms with Gasteiger partial charge in [-0.15, -0.1) is 0 Å². The Bertz CT molecular complexity index is 643. The summed E-state index contributed by atoms with van der Waals surface area (Å²) in [5.74, 6) is -0.0781. The van der Waals surface area contributed by atoms with E-state index in [0.29, 0.717) is 18.2 Å². The Kier molecular flexibility index (Phi) is 3.97. The Balaban J connectivity index is 1.80. The fourth-order valence-corrected chi connectivity index (χ4v) is 2.84. The number of rotatable bonds is 7. The SMILES string of the molecule is CCC(CC1CC1)NCc1c(C(=O)O)oc2ccccc12. The van der Waals surface area contributed by atoms with Crippen molar-refractivity contribution in [3.05, 3.63) is 35.6 Å². The zero-order valence-corrected chi connectivity index (χ0v) is 12.3. The van der Waals surface area contributed by atoms with Gasteiger partial charge in [0.2, 0.25) is 5.76 Å². The van der Waals surface area contributed by atoms with Crippen molar-refractivity contribution in [2.45, 2.75) is 45.2 Å². The van der Waals surface area contributed by atoms with Crippen molar-refractivity contribution in [2.75, 3.05) is 0 Å². The summed E-state index contributed by atoms with van der Waals surface area (Å²) < 4.78 is 5.48. The molecule has 2 N–H and O–H groups in total. The molecule has 0 saturated heterocycles. The van der Waals surface area contributed by atoms with Gasteiger partial charge in [0, 0.05) is 23.5 Å². The molecule has 1 atom stereocenters. The lowest BCUT2D eigenvalue weighted by atomic mass is 10.1. The zero-order valence-electron chi connectivity index (χ0n) is 12.3. The topological polar surface area (TPSA) is 62.5 Å². The average molecular weight is 287 g/mol. The van der Waals surface area contributed by atoms with E-state index < -0.39 is 5.97 Å². The number of carboxylic acids is 1. The molecule has 2 aromatic rings. The van der Waals surface area contributed by atoms with E-state index in [9.17, 15) is 9.90 Å². The minimum atomic E-state index is -1.00. The largest absolute Gasteiger partial charge is 0.475 e. The molecule has 0 amide bonds. The Hall–Kier alpha value is -1.81. The van der Waals surface area contributed by atoms with Gasteiger partial charge in [-0.1, -0.05) is 38.0 Å². The van der Waals surface area contributed by atoms with Gasteiger partial charge >= 0.3 is 5.97 Å². The molecular formula is C17H21NO3. The van der Waals surface area contributed by atoms with E-state index in [1.165, 1.54) is 19.3 Å². The normalized spacial score (nSPS) is 16.2. The first kappa shape index (κ1) is 14.1. The number of fused-ring (bicyclic) bond motifs is 1. The summed E-state index contributed by atoms with van der Waals surface area (Å²) in [4.78, 5) is 11.4. The van der Waals surface area contributed by atoms with Crippen molar-refractivity contribution in [1.29, 1.82) is 0 Å². The molecule has 1 aromatic carbocycles. The Morgan fingerprint density at radius 2 is 2.19 bits per heavy atom. The van der Waals surface area contributed by atoms with Gasteiger partial charge in [-0.05, 0) is 24.8 Å². The van der Waals surface area contributed by atoms with Crippen LogP contribution >= 0.6 is 0 Å². The van der Waals surface area contributed by atoms with E-state index >= 15 is 0 Å². The number of benzene rings is 1. The molecule has 1 aliphatic rings. The molecule has 1 aromatic heterocycles. The fraction of sp³-hybridized carbons (Fsp3) is 0.471. The van der Waals surface area contributed by atoms with Crippen LogP contribution in [0.25, 0.3) is 11.0 Å². The van der Waals surface area contributed by atoms with Gasteiger partial charge in [-0.3, -0.25) is 0 Å². The van der Waals surface area contributed by atoms with Gasteiger partial charge < -0.3 is 14.8 Å². The van der Waals surface area contributed by atoms with E-state index in [0.717, 1.165) is 23.3 Å². The maximum atomic E-state index is 11.4. The molecular weight excluding hydrogens is 266 g/mol. The molecule has 1 unspecified atom stereocenters. The predicted molar refractivity (Wildman–Crippen MR) is 81.4 cm³/mol. The van der Waals surface area contributed by atoms with E-state index in [4.69, 9.17) is 4.42 Å². The van der Waals surface area contributed by atoms with Gasteiger partial charge in [-0.2, -0.15) is 0 Å². The molecule has 3 rings (SSSR count). The summed E-state index contributed by atoms with van der Waals surface area (Å²) in [5.41, 5.74) is 1.40. The number of hydrogen-bond acceptors (Lipinski definition) is 3. The van der Waals surface area contributed by atoms with Crippen LogP contribution < -0.4 is 5.32 Å². The van der Waals surface area contributed by atoms with Crippen LogP contribution in [0.4, 0.5) is 0 Å². The third-order valence-electron chi connectivity index (χ3n) is 4.27. The van der Waals surface area contributed by atoms with Crippen LogP contribution in [0.3, 0.4) is 0 Å². The molecule has 21 heavy (non-hydrogen) atoms. The van der Waals surface area contributed by atoms with Crippen LogP contribution in [0, 0.1) is 5.92 Å². The number of para-hydroxylation sites is 1. The van der Waals surface area contributed by atoms with Crippen molar-refractivity contribution in [2.24, 2.45) is 5.92 Å². The monoisotopic (exact) mass is 287 g/mol. The Morgan fingerprint density at radius 3 is 2.86 bits per heavy atom. The highest BCUT2D eigenvalue weighted by atomic mass is 16.4. The molecule has 0 radical (unpaired) electrons. The highest BCUT2D eigenvalue weighted by Crippen LogP contribution is 2.34. The van der Waals surface area contributed by atoms with Crippen molar-refractivity contribution in [3.8, 4) is 0 Å². The Labute approximate surface area is 124 Å². The van der Waals surface area contributed by atoms with Gasteiger partial charge in [0.05, 0.1) is 0 Å². The maximum Gasteiger partial charge on any atom is 0.372 e. The van der Waals surface area contributed by atoms with Crippen molar-refractivity contribution < 1.29 is 14.3 Å². The van der Waals surface area contributed by atoms with E-state index in [-0.39, 0.29) is 5.76 Å². The lowest BCUT2D eigenvalue weighted by molar-refractivity contribution is 0.0663. The fourth-order valence-electron chi connectivity index (χ4n) is 2.84. The first-order valence-corrected chi connectivity index (χ1v) is 7.66. The van der Waals surface area contributed by atoms with Crippen LogP contribution in [0.5, 0.6) is 0 Å². The number of furan rings is 1. The van der Waals surface area contributed by atoms with Crippen molar-refractivity contribution in [3.63, 3.8) is 0 Å². The molecule has 4 nitrogen and oxygen atoms in total. The number of nitrogens with one attached hydrogen (secondary N) is 1. The molecule has 0 aliphatic heterocycles. The summed E-state index contributed by atoms with van der Waals surface area (Å²) in [5, 5.41) is 13.7. The number of hydrogen-bond donors (Lipinski definition) is 2. The summed E-state index contributed by atoms with van der Waals surface area (Å²) in [6.45, 7) is 2.72. The standard InChI is InChI=1S/C17H21NO3/c1-2-12(9-11-7-8-11)18-10-14-13-5-3-4-6-15(13)21-16(14)17(19)20/h3-6,11-12,18H,2,7-10H2,1H3,(H,19,20). The quantitative estimate of drug-likeness (QED) is 0.813. The second-order valence-corrected chi connectivity index (χ2v) is 5.88. The second kappa shape index (κ2) is 5.90. The highest BCUT2D eigenvalue weighted by molar-refractivity contribution is 5.95. The summed E-state index contributed by atoms with van der Waals surface area (Å²) in [6.07, 6.45) is 4.93. The van der Waals surface area contributed by atoms with Crippen LogP contribution in [-0.4, -0.2) is 17.1 Å². The number of carbonyl (C=O) groups is 1. The molecule has 0 spiro atoms. The maximum absolute atomic E-state index is 11.4. The summed E-state index contributed by atoms with van der Waals surface area (Å²) in [6, 6.07) is 7.95. The van der Waals surface area contributed by atoms with Crippen LogP contribution in [0.1, 0.15) is 48.7 Å². The van der Waals surface area contributed by atoms with Gasteiger partial charge in [0.25, 0.3) is 0 Å². The molecule has 1 aliphatic carbocycles. The van der Waals surface area contributed by atoms with Crippen molar-refractivity contribution in [1.82, 2.24) is 5.32 Å². The minimum absolute atomic E-state index is 0.0602. The predicted octanol–water partition coefficient (Wildman–Crippen LogP) is 3.80. The smallest absolute Gasteiger partial charge is 0.372 e. The zero-order chi connectivity index (χ0) is 14.8. The average Bonchev–Trinajstić information content (AvgIpc) is 3.22. The number of aromatic carboxylic acids is 1.